The van der Waals surface area contributed by atoms with E-state index >= 15 is 0 Å². The van der Waals surface area contributed by atoms with Crippen molar-refractivity contribution in [1.82, 2.24) is 20.0 Å². The van der Waals surface area contributed by atoms with E-state index in [-0.39, 0.29) is 6.04 Å². The molecule has 2 aromatic rings. The van der Waals surface area contributed by atoms with E-state index in [2.05, 4.69) is 15.3 Å². The summed E-state index contributed by atoms with van der Waals surface area (Å²) < 4.78 is 1.80. The number of nitrogens with zero attached hydrogens (tertiary/aromatic N) is 4. The molecule has 0 aliphatic rings. The Bertz CT molecular complexity index is 437. The normalized spacial score (nSPS) is 12.6. The van der Waals surface area contributed by atoms with Crippen molar-refractivity contribution in [1.29, 1.82) is 0 Å². The average Bonchev–Trinajstić information content (AvgIpc) is 2.73. The van der Waals surface area contributed by atoms with Gasteiger partial charge in [0.15, 0.2) is 0 Å². The number of aryl methyl sites for hydroxylation is 2. The van der Waals surface area contributed by atoms with E-state index in [1.807, 2.05) is 25.5 Å². The first kappa shape index (κ1) is 10.8. The molecule has 0 fully saturated rings. The predicted molar refractivity (Wildman–Crippen MR) is 60.5 cm³/mol. The summed E-state index contributed by atoms with van der Waals surface area (Å²) >= 11 is 0. The molecule has 2 N–H and O–H groups in total. The fourth-order valence-corrected chi connectivity index (χ4v) is 1.61. The summed E-state index contributed by atoms with van der Waals surface area (Å²) in [5, 5.41) is 11.7. The Morgan fingerprint density at radius 3 is 2.88 bits per heavy atom. The van der Waals surface area contributed by atoms with Gasteiger partial charge in [0.25, 0.3) is 0 Å². The summed E-state index contributed by atoms with van der Waals surface area (Å²) in [5.41, 5.74) is 8.29. The third-order valence-electron chi connectivity index (χ3n) is 2.54. The topological polar surface area (TPSA) is 69.6 Å². The highest BCUT2D eigenvalue weighted by Gasteiger charge is 2.06. The molecule has 5 nitrogen and oxygen atoms in total. The molecule has 1 unspecified atom stereocenters. The van der Waals surface area contributed by atoms with Crippen molar-refractivity contribution in [2.45, 2.75) is 18.9 Å². The maximum Gasteiger partial charge on any atom is 0.0543 e. The van der Waals surface area contributed by atoms with Crippen LogP contribution in [-0.2, 0) is 13.5 Å². The summed E-state index contributed by atoms with van der Waals surface area (Å²) in [5.74, 6) is 0. The molecule has 16 heavy (non-hydrogen) atoms. The maximum atomic E-state index is 6.05. The van der Waals surface area contributed by atoms with Crippen molar-refractivity contribution in [3.05, 3.63) is 42.0 Å². The standard InChI is InChI=1S/C11H15N5/c1-16-8-9(6-15-16)2-3-11(12)10-4-5-13-14-7-10/h4-8,11H,2-3,12H2,1H3. The summed E-state index contributed by atoms with van der Waals surface area (Å²) in [7, 11) is 1.91. The van der Waals surface area contributed by atoms with E-state index in [1.54, 1.807) is 17.1 Å². The van der Waals surface area contributed by atoms with Gasteiger partial charge in [-0.25, -0.2) is 0 Å². The minimum absolute atomic E-state index is 0.00991. The van der Waals surface area contributed by atoms with Gasteiger partial charge in [-0.1, -0.05) is 0 Å². The van der Waals surface area contributed by atoms with Crippen LogP contribution in [0.15, 0.2) is 30.9 Å². The zero-order valence-electron chi connectivity index (χ0n) is 9.24. The summed E-state index contributed by atoms with van der Waals surface area (Å²) in [6.45, 7) is 0. The van der Waals surface area contributed by atoms with Crippen LogP contribution in [-0.4, -0.2) is 20.0 Å². The van der Waals surface area contributed by atoms with Crippen LogP contribution in [0, 0.1) is 0 Å². The first-order valence-electron chi connectivity index (χ1n) is 5.25. The molecule has 2 rings (SSSR count). The highest BCUT2D eigenvalue weighted by atomic mass is 15.2. The Morgan fingerprint density at radius 2 is 2.25 bits per heavy atom. The van der Waals surface area contributed by atoms with Gasteiger partial charge in [0.2, 0.25) is 0 Å². The van der Waals surface area contributed by atoms with Crippen LogP contribution in [0.25, 0.3) is 0 Å². The highest BCUT2D eigenvalue weighted by molar-refractivity contribution is 5.12. The van der Waals surface area contributed by atoms with Crippen LogP contribution in [0.5, 0.6) is 0 Å². The lowest BCUT2D eigenvalue weighted by Crippen LogP contribution is -2.11. The Kier molecular flexibility index (Phi) is 3.26. The Hall–Kier alpha value is -1.75. The highest BCUT2D eigenvalue weighted by Crippen LogP contribution is 2.14. The molecule has 0 aromatic carbocycles. The van der Waals surface area contributed by atoms with Crippen LogP contribution in [0.1, 0.15) is 23.6 Å². The minimum atomic E-state index is 0.00991. The monoisotopic (exact) mass is 217 g/mol. The molecule has 2 heterocycles. The van der Waals surface area contributed by atoms with Gasteiger partial charge in [-0.15, -0.1) is 0 Å². The van der Waals surface area contributed by atoms with Crippen molar-refractivity contribution in [2.24, 2.45) is 12.8 Å². The van der Waals surface area contributed by atoms with Crippen molar-refractivity contribution >= 4 is 0 Å². The number of hydrogen-bond acceptors (Lipinski definition) is 4. The molecule has 0 amide bonds. The van der Waals surface area contributed by atoms with E-state index in [0.717, 1.165) is 18.4 Å². The van der Waals surface area contributed by atoms with Crippen LogP contribution in [0.2, 0.25) is 0 Å². The minimum Gasteiger partial charge on any atom is -0.324 e. The number of hydrogen-bond donors (Lipinski definition) is 1. The summed E-state index contributed by atoms with van der Waals surface area (Å²) in [4.78, 5) is 0. The lowest BCUT2D eigenvalue weighted by molar-refractivity contribution is 0.645. The van der Waals surface area contributed by atoms with Gasteiger partial charge in [0, 0.05) is 25.5 Å². The second-order valence-electron chi connectivity index (χ2n) is 3.84. The molecule has 0 radical (unpaired) electrons. The van der Waals surface area contributed by atoms with Gasteiger partial charge in [-0.05, 0) is 30.0 Å². The zero-order valence-corrected chi connectivity index (χ0v) is 9.24. The van der Waals surface area contributed by atoms with Crippen molar-refractivity contribution in [2.75, 3.05) is 0 Å². The van der Waals surface area contributed by atoms with Crippen molar-refractivity contribution in [3.8, 4) is 0 Å². The molecule has 0 aliphatic heterocycles. The molecule has 2 aromatic heterocycles. The zero-order chi connectivity index (χ0) is 11.4. The maximum absolute atomic E-state index is 6.05. The van der Waals surface area contributed by atoms with Gasteiger partial charge in [-0.3, -0.25) is 4.68 Å². The van der Waals surface area contributed by atoms with Crippen molar-refractivity contribution < 1.29 is 0 Å². The number of aromatic nitrogens is 4. The van der Waals surface area contributed by atoms with Crippen LogP contribution >= 0.6 is 0 Å². The third-order valence-corrected chi connectivity index (χ3v) is 2.54. The largest absolute Gasteiger partial charge is 0.324 e. The summed E-state index contributed by atoms with van der Waals surface area (Å²) in [6, 6.07) is 1.91. The first-order chi connectivity index (χ1) is 7.75. The molecule has 1 atom stereocenters. The molecule has 0 spiro atoms. The number of rotatable bonds is 4. The van der Waals surface area contributed by atoms with Gasteiger partial charge in [0.05, 0.1) is 12.4 Å². The van der Waals surface area contributed by atoms with Crippen LogP contribution in [0.3, 0.4) is 0 Å². The Labute approximate surface area is 94.3 Å². The lowest BCUT2D eigenvalue weighted by Gasteiger charge is -2.09. The van der Waals surface area contributed by atoms with Gasteiger partial charge in [-0.2, -0.15) is 15.3 Å². The van der Waals surface area contributed by atoms with Crippen LogP contribution in [0.4, 0.5) is 0 Å². The van der Waals surface area contributed by atoms with E-state index < -0.39 is 0 Å². The fraction of sp³-hybridized carbons (Fsp3) is 0.364. The smallest absolute Gasteiger partial charge is 0.0543 e. The predicted octanol–water partition coefficient (Wildman–Crippen LogP) is 0.843. The second kappa shape index (κ2) is 4.85. The average molecular weight is 217 g/mol. The third kappa shape index (κ3) is 2.64. The second-order valence-corrected chi connectivity index (χ2v) is 3.84. The quantitative estimate of drug-likeness (QED) is 0.824. The van der Waals surface area contributed by atoms with Gasteiger partial charge in [0.1, 0.15) is 0 Å². The fourth-order valence-electron chi connectivity index (χ4n) is 1.61. The molecule has 0 saturated heterocycles. The van der Waals surface area contributed by atoms with Crippen LogP contribution < -0.4 is 5.73 Å². The molecule has 84 valence electrons. The molecular formula is C11H15N5. The number of nitrogens with two attached hydrogens (primary N) is 1. The van der Waals surface area contributed by atoms with E-state index in [1.165, 1.54) is 5.56 Å². The molecule has 0 saturated carbocycles. The van der Waals surface area contributed by atoms with Crippen molar-refractivity contribution in [3.63, 3.8) is 0 Å². The molecule has 0 aliphatic carbocycles. The SMILES string of the molecule is Cn1cc(CCC(N)c2ccnnc2)cn1. The molecular weight excluding hydrogens is 202 g/mol. The summed E-state index contributed by atoms with van der Waals surface area (Å²) in [6.07, 6.45) is 9.08. The molecule has 0 bridgehead atoms. The van der Waals surface area contributed by atoms with E-state index in [9.17, 15) is 0 Å². The molecule has 5 heteroatoms. The van der Waals surface area contributed by atoms with E-state index in [4.69, 9.17) is 5.73 Å². The lowest BCUT2D eigenvalue weighted by atomic mass is 10.0. The Morgan fingerprint density at radius 1 is 1.38 bits per heavy atom. The Balaban J connectivity index is 1.91. The van der Waals surface area contributed by atoms with E-state index in [0.29, 0.717) is 0 Å². The first-order valence-corrected chi connectivity index (χ1v) is 5.25. The van der Waals surface area contributed by atoms with Gasteiger partial charge < -0.3 is 5.73 Å². The van der Waals surface area contributed by atoms with Gasteiger partial charge >= 0.3 is 0 Å².